The van der Waals surface area contributed by atoms with Crippen LogP contribution in [0.1, 0.15) is 33.3 Å². The lowest BCUT2D eigenvalue weighted by Gasteiger charge is -2.48. The van der Waals surface area contributed by atoms with Crippen LogP contribution in [0.3, 0.4) is 0 Å². The van der Waals surface area contributed by atoms with Gasteiger partial charge in [0.2, 0.25) is 0 Å². The monoisotopic (exact) mass is 285 g/mol. The van der Waals surface area contributed by atoms with E-state index >= 15 is 0 Å². The molecule has 1 saturated heterocycles. The van der Waals surface area contributed by atoms with E-state index in [2.05, 4.69) is 0 Å². The van der Waals surface area contributed by atoms with Crippen molar-refractivity contribution in [2.75, 3.05) is 18.0 Å². The Labute approximate surface area is 118 Å². The summed E-state index contributed by atoms with van der Waals surface area (Å²) < 4.78 is 34.2. The molecule has 1 aliphatic rings. The van der Waals surface area contributed by atoms with Crippen molar-refractivity contribution in [3.63, 3.8) is 0 Å². The van der Waals surface area contributed by atoms with E-state index in [0.29, 0.717) is 13.1 Å². The van der Waals surface area contributed by atoms with Crippen molar-refractivity contribution in [3.05, 3.63) is 29.3 Å². The molecule has 1 aromatic rings. The molecular formula is C15H21F2NO2. The molecule has 0 saturated carbocycles. The molecule has 0 aromatic heterocycles. The molecule has 1 aliphatic heterocycles. The van der Waals surface area contributed by atoms with Gasteiger partial charge in [0.05, 0.1) is 17.8 Å². The number of morpholine rings is 1. The first-order valence-corrected chi connectivity index (χ1v) is 6.67. The summed E-state index contributed by atoms with van der Waals surface area (Å²) >= 11 is 0. The zero-order chi connectivity index (χ0) is 15.1. The second-order valence-electron chi connectivity index (χ2n) is 6.54. The van der Waals surface area contributed by atoms with Gasteiger partial charge in [-0.2, -0.15) is 0 Å². The average Bonchev–Trinajstić information content (AvgIpc) is 2.23. The van der Waals surface area contributed by atoms with Gasteiger partial charge in [-0.25, -0.2) is 8.78 Å². The highest BCUT2D eigenvalue weighted by molar-refractivity contribution is 5.52. The van der Waals surface area contributed by atoms with Gasteiger partial charge < -0.3 is 14.7 Å². The number of hydrogen-bond donors (Lipinski definition) is 1. The van der Waals surface area contributed by atoms with Gasteiger partial charge >= 0.3 is 0 Å². The number of anilines is 1. The quantitative estimate of drug-likeness (QED) is 0.907. The van der Waals surface area contributed by atoms with Gasteiger partial charge in [0.1, 0.15) is 17.3 Å². The second-order valence-corrected chi connectivity index (χ2v) is 6.54. The fraction of sp³-hybridized carbons (Fsp3) is 0.600. The lowest BCUT2D eigenvalue weighted by molar-refractivity contribution is -0.133. The maximum Gasteiger partial charge on any atom is 0.149 e. The van der Waals surface area contributed by atoms with E-state index in [1.54, 1.807) is 4.90 Å². The summed E-state index contributed by atoms with van der Waals surface area (Å²) in [6.07, 6.45) is 0. The van der Waals surface area contributed by atoms with E-state index in [1.165, 1.54) is 12.1 Å². The molecule has 0 amide bonds. The van der Waals surface area contributed by atoms with Crippen LogP contribution in [0.5, 0.6) is 0 Å². The van der Waals surface area contributed by atoms with Crippen molar-refractivity contribution in [1.29, 1.82) is 0 Å². The molecule has 112 valence electrons. The lowest BCUT2D eigenvalue weighted by Crippen LogP contribution is -2.57. The van der Waals surface area contributed by atoms with Crippen molar-refractivity contribution in [1.82, 2.24) is 0 Å². The SMILES string of the molecule is CC1(C)CN(c2c(F)cc(CO)cc2F)CC(C)(C)O1. The predicted molar refractivity (Wildman–Crippen MR) is 73.7 cm³/mol. The fourth-order valence-electron chi connectivity index (χ4n) is 2.96. The van der Waals surface area contributed by atoms with E-state index in [9.17, 15) is 8.78 Å². The van der Waals surface area contributed by atoms with Crippen LogP contribution in [0.2, 0.25) is 0 Å². The molecule has 0 unspecified atom stereocenters. The lowest BCUT2D eigenvalue weighted by atomic mass is 9.98. The Bertz CT molecular complexity index is 476. The third-order valence-electron chi connectivity index (χ3n) is 3.27. The average molecular weight is 285 g/mol. The van der Waals surface area contributed by atoms with Gasteiger partial charge in [-0.15, -0.1) is 0 Å². The number of aliphatic hydroxyl groups is 1. The molecule has 1 aromatic carbocycles. The Kier molecular flexibility index (Phi) is 3.77. The summed E-state index contributed by atoms with van der Waals surface area (Å²) in [5.41, 5.74) is -0.797. The second kappa shape index (κ2) is 4.97. The standard InChI is InChI=1S/C15H21F2NO2/c1-14(2)8-18(9-15(3,4)20-14)13-11(16)5-10(7-19)6-12(13)17/h5-6,19H,7-9H2,1-4H3. The van der Waals surface area contributed by atoms with E-state index in [0.717, 1.165) is 0 Å². The predicted octanol–water partition coefficient (Wildman–Crippen LogP) is 2.85. The first-order chi connectivity index (χ1) is 9.13. The molecule has 0 spiro atoms. The zero-order valence-corrected chi connectivity index (χ0v) is 12.3. The summed E-state index contributed by atoms with van der Waals surface area (Å²) in [6.45, 7) is 8.04. The highest BCUT2D eigenvalue weighted by Crippen LogP contribution is 2.34. The van der Waals surface area contributed by atoms with Crippen LogP contribution in [-0.4, -0.2) is 29.4 Å². The van der Waals surface area contributed by atoms with Gasteiger partial charge in [0.15, 0.2) is 0 Å². The number of hydrogen-bond acceptors (Lipinski definition) is 3. The van der Waals surface area contributed by atoms with Crippen LogP contribution in [0.25, 0.3) is 0 Å². The Morgan fingerprint density at radius 1 is 1.10 bits per heavy atom. The molecular weight excluding hydrogens is 264 g/mol. The Balaban J connectivity index is 2.41. The number of rotatable bonds is 2. The van der Waals surface area contributed by atoms with E-state index in [4.69, 9.17) is 9.84 Å². The highest BCUT2D eigenvalue weighted by Gasteiger charge is 2.39. The summed E-state index contributed by atoms with van der Waals surface area (Å²) in [6, 6.07) is 2.35. The van der Waals surface area contributed by atoms with Crippen LogP contribution in [0.15, 0.2) is 12.1 Å². The molecule has 0 bridgehead atoms. The Morgan fingerprint density at radius 3 is 1.95 bits per heavy atom. The summed E-state index contributed by atoms with van der Waals surface area (Å²) in [5, 5.41) is 8.99. The molecule has 3 nitrogen and oxygen atoms in total. The molecule has 0 radical (unpaired) electrons. The zero-order valence-electron chi connectivity index (χ0n) is 12.3. The molecule has 20 heavy (non-hydrogen) atoms. The van der Waals surface area contributed by atoms with Gasteiger partial charge in [-0.05, 0) is 45.4 Å². The van der Waals surface area contributed by atoms with Crippen LogP contribution >= 0.6 is 0 Å². The smallest absolute Gasteiger partial charge is 0.149 e. The van der Waals surface area contributed by atoms with E-state index < -0.39 is 22.8 Å². The van der Waals surface area contributed by atoms with Crippen molar-refractivity contribution in [3.8, 4) is 0 Å². The Morgan fingerprint density at radius 2 is 1.55 bits per heavy atom. The van der Waals surface area contributed by atoms with Crippen LogP contribution in [0, 0.1) is 11.6 Å². The minimum atomic E-state index is -0.650. The number of aliphatic hydroxyl groups excluding tert-OH is 1. The molecule has 1 fully saturated rings. The Hall–Kier alpha value is -1.20. The summed E-state index contributed by atoms with van der Waals surface area (Å²) in [4.78, 5) is 1.68. The van der Waals surface area contributed by atoms with Crippen molar-refractivity contribution in [2.45, 2.75) is 45.5 Å². The first-order valence-electron chi connectivity index (χ1n) is 6.67. The van der Waals surface area contributed by atoms with Gasteiger partial charge in [0.25, 0.3) is 0 Å². The van der Waals surface area contributed by atoms with Crippen LogP contribution in [0.4, 0.5) is 14.5 Å². The molecule has 0 aliphatic carbocycles. The van der Waals surface area contributed by atoms with Crippen molar-refractivity contribution in [2.24, 2.45) is 0 Å². The molecule has 0 atom stereocenters. The largest absolute Gasteiger partial charge is 0.392 e. The third kappa shape index (κ3) is 3.10. The van der Waals surface area contributed by atoms with Crippen molar-refractivity contribution >= 4 is 5.69 Å². The van der Waals surface area contributed by atoms with Crippen molar-refractivity contribution < 1.29 is 18.6 Å². The van der Waals surface area contributed by atoms with Gasteiger partial charge in [-0.3, -0.25) is 0 Å². The highest BCUT2D eigenvalue weighted by atomic mass is 19.1. The minimum absolute atomic E-state index is 0.0494. The van der Waals surface area contributed by atoms with Crippen LogP contribution < -0.4 is 4.90 Å². The fourth-order valence-corrected chi connectivity index (χ4v) is 2.96. The molecule has 1 heterocycles. The number of halogens is 2. The molecule has 1 N–H and O–H groups in total. The van der Waals surface area contributed by atoms with Gasteiger partial charge in [0, 0.05) is 13.1 Å². The van der Waals surface area contributed by atoms with E-state index in [-0.39, 0.29) is 17.9 Å². The number of nitrogens with zero attached hydrogens (tertiary/aromatic N) is 1. The third-order valence-corrected chi connectivity index (χ3v) is 3.27. The maximum absolute atomic E-state index is 14.2. The molecule has 5 heteroatoms. The normalized spacial score (nSPS) is 21.1. The number of benzene rings is 1. The summed E-state index contributed by atoms with van der Waals surface area (Å²) in [7, 11) is 0. The first kappa shape index (κ1) is 15.2. The minimum Gasteiger partial charge on any atom is -0.392 e. The maximum atomic E-state index is 14.2. The molecule has 2 rings (SSSR count). The number of ether oxygens (including phenoxy) is 1. The van der Waals surface area contributed by atoms with E-state index in [1.807, 2.05) is 27.7 Å². The topological polar surface area (TPSA) is 32.7 Å². The van der Waals surface area contributed by atoms with Gasteiger partial charge in [-0.1, -0.05) is 0 Å². The van der Waals surface area contributed by atoms with Crippen LogP contribution in [-0.2, 0) is 11.3 Å². The summed E-state index contributed by atoms with van der Waals surface area (Å²) in [5.74, 6) is -1.30.